The normalized spacial score (nSPS) is 13.9. The zero-order valence-corrected chi connectivity index (χ0v) is 12.3. The number of hydrogen-bond acceptors (Lipinski definition) is 3. The molecule has 1 N–H and O–H groups in total. The van der Waals surface area contributed by atoms with E-state index in [0.717, 1.165) is 30.4 Å². The van der Waals surface area contributed by atoms with Gasteiger partial charge in [0, 0.05) is 12.1 Å². The number of nitrogens with one attached hydrogen (secondary N) is 1. The van der Waals surface area contributed by atoms with E-state index in [0.29, 0.717) is 6.04 Å². The number of para-hydroxylation sites is 1. The van der Waals surface area contributed by atoms with Gasteiger partial charge in [-0.1, -0.05) is 30.7 Å². The Bertz CT molecular complexity index is 524. The van der Waals surface area contributed by atoms with Crippen molar-refractivity contribution in [2.45, 2.75) is 52.1 Å². The molecule has 0 saturated heterocycles. The Kier molecular flexibility index (Phi) is 4.20. The summed E-state index contributed by atoms with van der Waals surface area (Å²) in [6.45, 7) is 9.70. The van der Waals surface area contributed by atoms with E-state index in [1.165, 1.54) is 0 Å². The van der Waals surface area contributed by atoms with Gasteiger partial charge in [-0.15, -0.1) is 5.10 Å². The molecule has 0 spiro atoms. The van der Waals surface area contributed by atoms with E-state index in [9.17, 15) is 0 Å². The number of rotatable bonds is 5. The van der Waals surface area contributed by atoms with Gasteiger partial charge in [-0.25, -0.2) is 4.68 Å². The molecule has 104 valence electrons. The minimum Gasteiger partial charge on any atom is -0.310 e. The van der Waals surface area contributed by atoms with Crippen LogP contribution in [-0.2, 0) is 0 Å². The molecule has 0 radical (unpaired) electrons. The first kappa shape index (κ1) is 14.0. The maximum atomic E-state index is 4.34. The monoisotopic (exact) mass is 260 g/mol. The molecule has 1 heterocycles. The summed E-state index contributed by atoms with van der Waals surface area (Å²) in [5, 5.41) is 12.2. The fourth-order valence-electron chi connectivity index (χ4n) is 2.22. The van der Waals surface area contributed by atoms with E-state index >= 15 is 0 Å². The molecule has 0 aliphatic carbocycles. The zero-order chi connectivity index (χ0) is 13.9. The summed E-state index contributed by atoms with van der Waals surface area (Å²) < 4.78 is 2.07. The molecule has 4 heteroatoms. The summed E-state index contributed by atoms with van der Waals surface area (Å²) in [4.78, 5) is 0. The van der Waals surface area contributed by atoms with Crippen molar-refractivity contribution in [3.63, 3.8) is 0 Å². The predicted molar refractivity (Wildman–Crippen MR) is 79.2 cm³/mol. The number of benzene rings is 1. The van der Waals surface area contributed by atoms with E-state index in [-0.39, 0.29) is 5.54 Å². The van der Waals surface area contributed by atoms with Crippen LogP contribution in [0.4, 0.5) is 0 Å². The van der Waals surface area contributed by atoms with E-state index in [2.05, 4.69) is 54.1 Å². The molecule has 0 fully saturated rings. The van der Waals surface area contributed by atoms with E-state index in [1.54, 1.807) is 0 Å². The molecule has 1 atom stereocenters. The molecule has 1 unspecified atom stereocenters. The molecule has 1 aromatic carbocycles. The van der Waals surface area contributed by atoms with Crippen LogP contribution in [0.3, 0.4) is 0 Å². The molecule has 4 nitrogen and oxygen atoms in total. The van der Waals surface area contributed by atoms with Crippen molar-refractivity contribution < 1.29 is 0 Å². The topological polar surface area (TPSA) is 42.7 Å². The van der Waals surface area contributed by atoms with Crippen LogP contribution in [0.2, 0.25) is 0 Å². The standard InChI is InChI=1S/C15H24N4/c1-5-8-12(11-16-15(2,3)4)19-14-10-7-6-9-13(14)17-18-19/h6-7,9-10,12,16H,5,8,11H2,1-4H3. The summed E-state index contributed by atoms with van der Waals surface area (Å²) in [6.07, 6.45) is 2.25. The highest BCUT2D eigenvalue weighted by Gasteiger charge is 2.17. The van der Waals surface area contributed by atoms with Gasteiger partial charge in [0.25, 0.3) is 0 Å². The van der Waals surface area contributed by atoms with Crippen molar-refractivity contribution in [3.8, 4) is 0 Å². The van der Waals surface area contributed by atoms with Crippen LogP contribution in [0.25, 0.3) is 11.0 Å². The molecule has 0 aliphatic heterocycles. The fourth-order valence-corrected chi connectivity index (χ4v) is 2.22. The smallest absolute Gasteiger partial charge is 0.113 e. The third kappa shape index (κ3) is 3.53. The lowest BCUT2D eigenvalue weighted by atomic mass is 10.1. The van der Waals surface area contributed by atoms with Crippen LogP contribution in [0, 0.1) is 0 Å². The Morgan fingerprint density at radius 1 is 1.26 bits per heavy atom. The minimum absolute atomic E-state index is 0.127. The molecule has 0 aliphatic rings. The molecule has 1 aromatic heterocycles. The highest BCUT2D eigenvalue weighted by Crippen LogP contribution is 2.19. The first-order chi connectivity index (χ1) is 9.01. The Balaban J connectivity index is 2.23. The van der Waals surface area contributed by atoms with Gasteiger partial charge < -0.3 is 5.32 Å². The second-order valence-corrected chi connectivity index (χ2v) is 6.10. The first-order valence-corrected chi connectivity index (χ1v) is 7.06. The third-order valence-electron chi connectivity index (χ3n) is 3.21. The molecule has 0 bridgehead atoms. The molecule has 19 heavy (non-hydrogen) atoms. The lowest BCUT2D eigenvalue weighted by Gasteiger charge is -2.25. The van der Waals surface area contributed by atoms with E-state index < -0.39 is 0 Å². The van der Waals surface area contributed by atoms with Crippen molar-refractivity contribution in [3.05, 3.63) is 24.3 Å². The molecule has 0 amide bonds. The van der Waals surface area contributed by atoms with Gasteiger partial charge in [-0.3, -0.25) is 0 Å². The van der Waals surface area contributed by atoms with Crippen LogP contribution in [-0.4, -0.2) is 27.1 Å². The maximum Gasteiger partial charge on any atom is 0.113 e. The summed E-state index contributed by atoms with van der Waals surface area (Å²) in [5.41, 5.74) is 2.22. The van der Waals surface area contributed by atoms with Gasteiger partial charge in [0.05, 0.1) is 11.6 Å². The summed E-state index contributed by atoms with van der Waals surface area (Å²) in [5.74, 6) is 0. The lowest BCUT2D eigenvalue weighted by Crippen LogP contribution is -2.39. The third-order valence-corrected chi connectivity index (χ3v) is 3.21. The molecule has 2 rings (SSSR count). The Morgan fingerprint density at radius 2 is 2.00 bits per heavy atom. The average molecular weight is 260 g/mol. The number of aromatic nitrogens is 3. The van der Waals surface area contributed by atoms with Gasteiger partial charge in [-0.2, -0.15) is 0 Å². The Hall–Kier alpha value is -1.42. The van der Waals surface area contributed by atoms with Crippen LogP contribution in [0.1, 0.15) is 46.6 Å². The van der Waals surface area contributed by atoms with Crippen LogP contribution >= 0.6 is 0 Å². The molecular weight excluding hydrogens is 236 g/mol. The van der Waals surface area contributed by atoms with Crippen LogP contribution in [0.5, 0.6) is 0 Å². The number of hydrogen-bond donors (Lipinski definition) is 1. The fraction of sp³-hybridized carbons (Fsp3) is 0.600. The largest absolute Gasteiger partial charge is 0.310 e. The average Bonchev–Trinajstić information content (AvgIpc) is 2.77. The van der Waals surface area contributed by atoms with Crippen molar-refractivity contribution in [1.29, 1.82) is 0 Å². The predicted octanol–water partition coefficient (Wildman–Crippen LogP) is 3.16. The second-order valence-electron chi connectivity index (χ2n) is 6.10. The second kappa shape index (κ2) is 5.70. The SMILES string of the molecule is CCCC(CNC(C)(C)C)n1nnc2ccccc21. The van der Waals surface area contributed by atoms with E-state index in [1.807, 2.05) is 18.2 Å². The minimum atomic E-state index is 0.127. The van der Waals surface area contributed by atoms with Crippen molar-refractivity contribution in [2.24, 2.45) is 0 Å². The van der Waals surface area contributed by atoms with Gasteiger partial charge in [-0.05, 0) is 39.3 Å². The Labute approximate surface area is 115 Å². The summed E-state index contributed by atoms with van der Waals surface area (Å²) in [6, 6.07) is 8.51. The lowest BCUT2D eigenvalue weighted by molar-refractivity contribution is 0.338. The zero-order valence-electron chi connectivity index (χ0n) is 12.3. The van der Waals surface area contributed by atoms with Gasteiger partial charge >= 0.3 is 0 Å². The molecule has 2 aromatic rings. The summed E-state index contributed by atoms with van der Waals surface area (Å²) >= 11 is 0. The van der Waals surface area contributed by atoms with Crippen LogP contribution < -0.4 is 5.32 Å². The maximum absolute atomic E-state index is 4.34. The van der Waals surface area contributed by atoms with Crippen molar-refractivity contribution in [1.82, 2.24) is 20.3 Å². The van der Waals surface area contributed by atoms with Gasteiger partial charge in [0.15, 0.2) is 0 Å². The molecule has 0 saturated carbocycles. The molecular formula is C15H24N4. The Morgan fingerprint density at radius 3 is 2.68 bits per heavy atom. The van der Waals surface area contributed by atoms with Gasteiger partial charge in [0.1, 0.15) is 5.52 Å². The van der Waals surface area contributed by atoms with E-state index in [4.69, 9.17) is 0 Å². The highest BCUT2D eigenvalue weighted by atomic mass is 15.4. The van der Waals surface area contributed by atoms with Gasteiger partial charge in [0.2, 0.25) is 0 Å². The quantitative estimate of drug-likeness (QED) is 0.898. The van der Waals surface area contributed by atoms with Crippen molar-refractivity contribution in [2.75, 3.05) is 6.54 Å². The first-order valence-electron chi connectivity index (χ1n) is 7.06. The number of fused-ring (bicyclic) bond motifs is 1. The van der Waals surface area contributed by atoms with Crippen LogP contribution in [0.15, 0.2) is 24.3 Å². The highest BCUT2D eigenvalue weighted by molar-refractivity contribution is 5.73. The summed E-state index contributed by atoms with van der Waals surface area (Å²) in [7, 11) is 0. The number of nitrogens with zero attached hydrogens (tertiary/aromatic N) is 3. The van der Waals surface area contributed by atoms with Crippen molar-refractivity contribution >= 4 is 11.0 Å².